The SMILES string of the molecule is Cc1n[nH]c(=S)n1CCCCC(C)C. The minimum absolute atomic E-state index is 0.743. The summed E-state index contributed by atoms with van der Waals surface area (Å²) < 4.78 is 2.81. The molecular formula is C10H19N3S. The maximum atomic E-state index is 5.12. The molecule has 0 radical (unpaired) electrons. The van der Waals surface area contributed by atoms with Crippen LogP contribution < -0.4 is 0 Å². The maximum absolute atomic E-state index is 5.12. The molecule has 1 aromatic heterocycles. The van der Waals surface area contributed by atoms with Gasteiger partial charge < -0.3 is 4.57 Å². The summed E-state index contributed by atoms with van der Waals surface area (Å²) in [6.07, 6.45) is 3.75. The smallest absolute Gasteiger partial charge is 0.195 e. The molecule has 0 amide bonds. The second kappa shape index (κ2) is 5.29. The van der Waals surface area contributed by atoms with Crippen LogP contribution in [0.5, 0.6) is 0 Å². The average Bonchev–Trinajstić information content (AvgIpc) is 2.42. The van der Waals surface area contributed by atoms with Crippen molar-refractivity contribution in [3.63, 3.8) is 0 Å². The molecule has 0 spiro atoms. The Morgan fingerprint density at radius 1 is 1.43 bits per heavy atom. The Hall–Kier alpha value is -0.640. The summed E-state index contributed by atoms with van der Waals surface area (Å²) in [5, 5.41) is 6.88. The van der Waals surface area contributed by atoms with E-state index in [1.165, 1.54) is 19.3 Å². The lowest BCUT2D eigenvalue weighted by atomic mass is 10.1. The molecule has 1 rings (SSSR count). The highest BCUT2D eigenvalue weighted by Gasteiger charge is 2.00. The van der Waals surface area contributed by atoms with E-state index < -0.39 is 0 Å². The van der Waals surface area contributed by atoms with Crippen molar-refractivity contribution in [1.29, 1.82) is 0 Å². The van der Waals surface area contributed by atoms with Crippen LogP contribution in [0.2, 0.25) is 0 Å². The van der Waals surface area contributed by atoms with E-state index in [4.69, 9.17) is 12.2 Å². The van der Waals surface area contributed by atoms with Gasteiger partial charge in [-0.1, -0.05) is 26.7 Å². The van der Waals surface area contributed by atoms with Gasteiger partial charge in [-0.15, -0.1) is 0 Å². The zero-order valence-electron chi connectivity index (χ0n) is 9.21. The number of nitrogens with one attached hydrogen (secondary N) is 1. The topological polar surface area (TPSA) is 33.6 Å². The monoisotopic (exact) mass is 213 g/mol. The normalized spacial score (nSPS) is 11.1. The molecule has 14 heavy (non-hydrogen) atoms. The van der Waals surface area contributed by atoms with Gasteiger partial charge in [0.05, 0.1) is 0 Å². The Morgan fingerprint density at radius 2 is 2.14 bits per heavy atom. The van der Waals surface area contributed by atoms with Crippen molar-refractivity contribution >= 4 is 12.2 Å². The third-order valence-electron chi connectivity index (χ3n) is 2.36. The predicted molar refractivity (Wildman–Crippen MR) is 60.8 cm³/mol. The summed E-state index contributed by atoms with van der Waals surface area (Å²) in [6, 6.07) is 0. The van der Waals surface area contributed by atoms with Crippen molar-refractivity contribution in [2.75, 3.05) is 0 Å². The number of aromatic amines is 1. The van der Waals surface area contributed by atoms with Gasteiger partial charge in [-0.3, -0.25) is 5.10 Å². The number of hydrogen-bond acceptors (Lipinski definition) is 2. The van der Waals surface area contributed by atoms with Crippen LogP contribution in [0.4, 0.5) is 0 Å². The second-order valence-electron chi connectivity index (χ2n) is 4.12. The molecule has 0 bridgehead atoms. The van der Waals surface area contributed by atoms with E-state index >= 15 is 0 Å². The van der Waals surface area contributed by atoms with Crippen molar-refractivity contribution in [1.82, 2.24) is 14.8 Å². The Bertz CT molecular complexity index is 324. The van der Waals surface area contributed by atoms with Gasteiger partial charge in [0.25, 0.3) is 0 Å². The summed E-state index contributed by atoms with van der Waals surface area (Å²) in [5.74, 6) is 1.79. The highest BCUT2D eigenvalue weighted by Crippen LogP contribution is 2.08. The lowest BCUT2D eigenvalue weighted by molar-refractivity contribution is 0.504. The van der Waals surface area contributed by atoms with Crippen molar-refractivity contribution in [2.24, 2.45) is 5.92 Å². The third-order valence-corrected chi connectivity index (χ3v) is 2.67. The fraction of sp³-hybridized carbons (Fsp3) is 0.800. The summed E-state index contributed by atoms with van der Waals surface area (Å²) in [6.45, 7) is 7.49. The molecule has 0 aliphatic carbocycles. The van der Waals surface area contributed by atoms with Gasteiger partial charge in [0.15, 0.2) is 4.77 Å². The minimum atomic E-state index is 0.743. The molecule has 0 fully saturated rings. The van der Waals surface area contributed by atoms with Gasteiger partial charge in [0, 0.05) is 6.54 Å². The molecule has 0 aliphatic heterocycles. The third kappa shape index (κ3) is 3.25. The Labute approximate surface area is 90.5 Å². The molecule has 0 unspecified atom stereocenters. The Balaban J connectivity index is 2.35. The molecule has 80 valence electrons. The number of nitrogens with zero attached hydrogens (tertiary/aromatic N) is 2. The maximum Gasteiger partial charge on any atom is 0.195 e. The fourth-order valence-corrected chi connectivity index (χ4v) is 1.75. The van der Waals surface area contributed by atoms with Crippen molar-refractivity contribution in [3.8, 4) is 0 Å². The quantitative estimate of drug-likeness (QED) is 0.602. The second-order valence-corrected chi connectivity index (χ2v) is 4.50. The van der Waals surface area contributed by atoms with Gasteiger partial charge in [-0.2, -0.15) is 5.10 Å². The van der Waals surface area contributed by atoms with Gasteiger partial charge >= 0.3 is 0 Å². The van der Waals surface area contributed by atoms with Crippen LogP contribution in [0.3, 0.4) is 0 Å². The first kappa shape index (κ1) is 11.4. The van der Waals surface area contributed by atoms with E-state index in [-0.39, 0.29) is 0 Å². The zero-order chi connectivity index (χ0) is 10.6. The summed E-state index contributed by atoms with van der Waals surface area (Å²) in [4.78, 5) is 0. The first-order chi connectivity index (χ1) is 6.61. The van der Waals surface area contributed by atoms with Gasteiger partial charge in [-0.25, -0.2) is 0 Å². The molecule has 0 aromatic carbocycles. The van der Waals surface area contributed by atoms with Crippen LogP contribution in [-0.4, -0.2) is 14.8 Å². The van der Waals surface area contributed by atoms with Crippen LogP contribution in [0.25, 0.3) is 0 Å². The van der Waals surface area contributed by atoms with Crippen molar-refractivity contribution in [2.45, 2.75) is 46.6 Å². The average molecular weight is 213 g/mol. The standard InChI is InChI=1S/C10H19N3S/c1-8(2)6-4-5-7-13-9(3)11-12-10(13)14/h8H,4-7H2,1-3H3,(H,12,14). The first-order valence-electron chi connectivity index (χ1n) is 5.23. The molecule has 1 heterocycles. The lowest BCUT2D eigenvalue weighted by Gasteiger charge is -2.05. The Morgan fingerprint density at radius 3 is 2.64 bits per heavy atom. The number of hydrogen-bond donors (Lipinski definition) is 1. The molecule has 0 atom stereocenters. The van der Waals surface area contributed by atoms with Crippen LogP contribution in [0, 0.1) is 17.6 Å². The summed E-state index contributed by atoms with van der Waals surface area (Å²) >= 11 is 5.12. The largest absolute Gasteiger partial charge is 0.304 e. The molecule has 0 saturated heterocycles. The van der Waals surface area contributed by atoms with E-state index in [0.29, 0.717) is 0 Å². The molecule has 1 N–H and O–H groups in total. The van der Waals surface area contributed by atoms with Gasteiger partial charge in [0.1, 0.15) is 5.82 Å². The summed E-state index contributed by atoms with van der Waals surface area (Å²) in [5.41, 5.74) is 0. The molecule has 0 aliphatic rings. The number of aromatic nitrogens is 3. The number of unbranched alkanes of at least 4 members (excludes halogenated alkanes) is 1. The van der Waals surface area contributed by atoms with Crippen LogP contribution in [0.15, 0.2) is 0 Å². The van der Waals surface area contributed by atoms with Crippen molar-refractivity contribution in [3.05, 3.63) is 10.6 Å². The lowest BCUT2D eigenvalue weighted by Crippen LogP contribution is -2.01. The van der Waals surface area contributed by atoms with Gasteiger partial charge in [-0.05, 0) is 31.5 Å². The van der Waals surface area contributed by atoms with E-state index in [9.17, 15) is 0 Å². The number of rotatable bonds is 5. The van der Waals surface area contributed by atoms with E-state index in [2.05, 4.69) is 28.6 Å². The molecule has 4 heteroatoms. The number of aryl methyl sites for hydroxylation is 1. The van der Waals surface area contributed by atoms with Crippen LogP contribution >= 0.6 is 12.2 Å². The minimum Gasteiger partial charge on any atom is -0.304 e. The Kier molecular flexibility index (Phi) is 4.32. The van der Waals surface area contributed by atoms with E-state index in [1.807, 2.05) is 6.92 Å². The summed E-state index contributed by atoms with van der Waals surface area (Å²) in [7, 11) is 0. The molecular weight excluding hydrogens is 194 g/mol. The highest BCUT2D eigenvalue weighted by molar-refractivity contribution is 7.71. The molecule has 1 aromatic rings. The molecule has 0 saturated carbocycles. The first-order valence-corrected chi connectivity index (χ1v) is 5.64. The molecule has 3 nitrogen and oxygen atoms in total. The van der Waals surface area contributed by atoms with Crippen molar-refractivity contribution < 1.29 is 0 Å². The van der Waals surface area contributed by atoms with E-state index in [0.717, 1.165) is 23.1 Å². The van der Waals surface area contributed by atoms with E-state index in [1.54, 1.807) is 0 Å². The van der Waals surface area contributed by atoms with Gasteiger partial charge in [0.2, 0.25) is 0 Å². The number of H-pyrrole nitrogens is 1. The fourth-order valence-electron chi connectivity index (χ4n) is 1.48. The zero-order valence-corrected chi connectivity index (χ0v) is 10.0. The van der Waals surface area contributed by atoms with Crippen LogP contribution in [-0.2, 0) is 6.54 Å². The predicted octanol–water partition coefficient (Wildman–Crippen LogP) is 3.08. The van der Waals surface area contributed by atoms with Crippen LogP contribution in [0.1, 0.15) is 38.9 Å². The highest BCUT2D eigenvalue weighted by atomic mass is 32.1.